The van der Waals surface area contributed by atoms with Crippen molar-refractivity contribution in [2.45, 2.75) is 18.9 Å². The van der Waals surface area contributed by atoms with Crippen molar-refractivity contribution < 1.29 is 9.53 Å². The van der Waals surface area contributed by atoms with Crippen LogP contribution in [-0.2, 0) is 4.74 Å². The van der Waals surface area contributed by atoms with Crippen molar-refractivity contribution in [2.75, 3.05) is 39.3 Å². The van der Waals surface area contributed by atoms with E-state index in [2.05, 4.69) is 27.5 Å². The van der Waals surface area contributed by atoms with Crippen LogP contribution in [0.3, 0.4) is 0 Å². The first-order chi connectivity index (χ1) is 10.2. The van der Waals surface area contributed by atoms with Gasteiger partial charge in [0, 0.05) is 48.5 Å². The number of hydrogen-bond acceptors (Lipinski definition) is 3. The minimum atomic E-state index is 0.156. The third kappa shape index (κ3) is 3.96. The second kappa shape index (κ2) is 7.07. The maximum atomic E-state index is 12.4. The van der Waals surface area contributed by atoms with Crippen molar-refractivity contribution in [1.82, 2.24) is 9.80 Å². The fraction of sp³-hybridized carbons (Fsp3) is 0.562. The van der Waals surface area contributed by atoms with Gasteiger partial charge in [-0.2, -0.15) is 0 Å². The molecule has 4 nitrogen and oxygen atoms in total. The Morgan fingerprint density at radius 3 is 2.52 bits per heavy atom. The molecule has 0 aromatic heterocycles. The highest BCUT2D eigenvalue weighted by atomic mass is 127. The number of halogens is 1. The smallest absolute Gasteiger partial charge is 0.253 e. The van der Waals surface area contributed by atoms with Gasteiger partial charge in [-0.1, -0.05) is 0 Å². The van der Waals surface area contributed by atoms with E-state index in [-0.39, 0.29) is 5.91 Å². The normalized spacial score (nSPS) is 23.5. The molecule has 1 aromatic carbocycles. The fourth-order valence-corrected chi connectivity index (χ4v) is 3.34. The first-order valence-corrected chi connectivity index (χ1v) is 8.69. The van der Waals surface area contributed by atoms with Crippen LogP contribution in [0.25, 0.3) is 0 Å². The number of amides is 1. The average molecular weight is 400 g/mol. The summed E-state index contributed by atoms with van der Waals surface area (Å²) in [6, 6.07) is 7.81. The minimum absolute atomic E-state index is 0.156. The lowest BCUT2D eigenvalue weighted by Crippen LogP contribution is -2.50. The molecule has 3 rings (SSSR count). The first-order valence-electron chi connectivity index (χ1n) is 7.61. The monoisotopic (exact) mass is 400 g/mol. The third-order valence-electron chi connectivity index (χ3n) is 4.24. The molecule has 1 aromatic rings. The van der Waals surface area contributed by atoms with E-state index in [1.807, 2.05) is 29.2 Å². The molecule has 0 spiro atoms. The Kier molecular flexibility index (Phi) is 5.13. The van der Waals surface area contributed by atoms with Gasteiger partial charge < -0.3 is 9.64 Å². The van der Waals surface area contributed by atoms with Crippen LogP contribution in [0.2, 0.25) is 0 Å². The van der Waals surface area contributed by atoms with E-state index in [1.54, 1.807) is 0 Å². The van der Waals surface area contributed by atoms with Gasteiger partial charge in [0.25, 0.3) is 5.91 Å². The van der Waals surface area contributed by atoms with Gasteiger partial charge in [0.2, 0.25) is 0 Å². The summed E-state index contributed by atoms with van der Waals surface area (Å²) < 4.78 is 6.85. The van der Waals surface area contributed by atoms with Gasteiger partial charge >= 0.3 is 0 Å². The summed E-state index contributed by atoms with van der Waals surface area (Å²) in [4.78, 5) is 16.8. The van der Waals surface area contributed by atoms with Crippen LogP contribution >= 0.6 is 22.6 Å². The largest absolute Gasteiger partial charge is 0.377 e. The maximum Gasteiger partial charge on any atom is 0.253 e. The van der Waals surface area contributed by atoms with Crippen LogP contribution in [0.15, 0.2) is 24.3 Å². The fourth-order valence-electron chi connectivity index (χ4n) is 2.98. The number of hydrogen-bond donors (Lipinski definition) is 0. The number of carbonyl (C=O) groups excluding carboxylic acids is 1. The highest BCUT2D eigenvalue weighted by molar-refractivity contribution is 14.1. The molecule has 1 atom stereocenters. The summed E-state index contributed by atoms with van der Waals surface area (Å²) >= 11 is 2.26. The highest BCUT2D eigenvalue weighted by Gasteiger charge is 2.25. The van der Waals surface area contributed by atoms with Crippen molar-refractivity contribution in [2.24, 2.45) is 0 Å². The molecule has 0 bridgehead atoms. The van der Waals surface area contributed by atoms with E-state index >= 15 is 0 Å². The number of benzene rings is 1. The van der Waals surface area contributed by atoms with Crippen molar-refractivity contribution >= 4 is 28.5 Å². The van der Waals surface area contributed by atoms with Crippen LogP contribution in [0, 0.1) is 3.57 Å². The van der Waals surface area contributed by atoms with Crippen molar-refractivity contribution in [3.05, 3.63) is 33.4 Å². The van der Waals surface area contributed by atoms with Crippen molar-refractivity contribution in [3.8, 4) is 0 Å². The molecule has 2 aliphatic rings. The van der Waals surface area contributed by atoms with Crippen molar-refractivity contribution in [3.63, 3.8) is 0 Å². The number of ether oxygens (including phenoxy) is 1. The molecule has 0 N–H and O–H groups in total. The predicted molar refractivity (Wildman–Crippen MR) is 90.5 cm³/mol. The lowest BCUT2D eigenvalue weighted by atomic mass is 10.1. The third-order valence-corrected chi connectivity index (χ3v) is 4.96. The lowest BCUT2D eigenvalue weighted by molar-refractivity contribution is 0.0433. The average Bonchev–Trinajstić information content (AvgIpc) is 3.01. The zero-order chi connectivity index (χ0) is 14.7. The Hall–Kier alpha value is -0.660. The van der Waals surface area contributed by atoms with E-state index in [9.17, 15) is 4.79 Å². The Morgan fingerprint density at radius 1 is 1.19 bits per heavy atom. The summed E-state index contributed by atoms with van der Waals surface area (Å²) in [5.41, 5.74) is 0.794. The van der Waals surface area contributed by atoms with Gasteiger partial charge in [-0.25, -0.2) is 0 Å². The predicted octanol–water partition coefficient (Wildman–Crippen LogP) is 2.23. The summed E-state index contributed by atoms with van der Waals surface area (Å²) in [5.74, 6) is 0.156. The van der Waals surface area contributed by atoms with Crippen LogP contribution < -0.4 is 0 Å². The standard InChI is InChI=1S/C16H21IN2O2/c17-14-5-3-13(4-6-14)16(20)19-9-7-18(8-10-19)12-15-2-1-11-21-15/h3-6,15H,1-2,7-12H2. The lowest BCUT2D eigenvalue weighted by Gasteiger charge is -2.35. The molecule has 2 aliphatic heterocycles. The molecule has 21 heavy (non-hydrogen) atoms. The topological polar surface area (TPSA) is 32.8 Å². The highest BCUT2D eigenvalue weighted by Crippen LogP contribution is 2.15. The first kappa shape index (κ1) is 15.2. The zero-order valence-electron chi connectivity index (χ0n) is 12.1. The molecule has 0 saturated carbocycles. The molecule has 2 heterocycles. The minimum Gasteiger partial charge on any atom is -0.377 e. The molecule has 0 radical (unpaired) electrons. The number of piperazine rings is 1. The zero-order valence-corrected chi connectivity index (χ0v) is 14.3. The molecular formula is C16H21IN2O2. The van der Waals surface area contributed by atoms with Crippen LogP contribution in [0.4, 0.5) is 0 Å². The number of rotatable bonds is 3. The van der Waals surface area contributed by atoms with Crippen LogP contribution in [0.1, 0.15) is 23.2 Å². The number of carbonyl (C=O) groups is 1. The van der Waals surface area contributed by atoms with E-state index in [0.717, 1.165) is 48.5 Å². The summed E-state index contributed by atoms with van der Waals surface area (Å²) in [6.45, 7) is 5.47. The van der Waals surface area contributed by atoms with E-state index in [4.69, 9.17) is 4.74 Å². The molecule has 5 heteroatoms. The summed E-state index contributed by atoms with van der Waals surface area (Å²) in [5, 5.41) is 0. The Balaban J connectivity index is 1.50. The van der Waals surface area contributed by atoms with Gasteiger partial charge in [0.1, 0.15) is 0 Å². The van der Waals surface area contributed by atoms with Gasteiger partial charge in [0.15, 0.2) is 0 Å². The molecule has 2 saturated heterocycles. The Bertz CT molecular complexity index is 478. The SMILES string of the molecule is O=C(c1ccc(I)cc1)N1CCN(CC2CCCO2)CC1. The van der Waals surface area contributed by atoms with Gasteiger partial charge in [0.05, 0.1) is 6.10 Å². The van der Waals surface area contributed by atoms with E-state index in [0.29, 0.717) is 6.10 Å². The van der Waals surface area contributed by atoms with Gasteiger partial charge in [-0.15, -0.1) is 0 Å². The van der Waals surface area contributed by atoms with Crippen LogP contribution in [0.5, 0.6) is 0 Å². The van der Waals surface area contributed by atoms with E-state index in [1.165, 1.54) is 12.8 Å². The Labute approximate surface area is 139 Å². The quantitative estimate of drug-likeness (QED) is 0.730. The van der Waals surface area contributed by atoms with Crippen LogP contribution in [-0.4, -0.2) is 61.1 Å². The van der Waals surface area contributed by atoms with Gasteiger partial charge in [-0.05, 0) is 59.7 Å². The van der Waals surface area contributed by atoms with Gasteiger partial charge in [-0.3, -0.25) is 9.69 Å². The molecule has 114 valence electrons. The Morgan fingerprint density at radius 2 is 1.90 bits per heavy atom. The van der Waals surface area contributed by atoms with Crippen molar-refractivity contribution in [1.29, 1.82) is 0 Å². The second-order valence-corrected chi connectivity index (χ2v) is 6.98. The molecule has 2 fully saturated rings. The maximum absolute atomic E-state index is 12.4. The number of nitrogens with zero attached hydrogens (tertiary/aromatic N) is 2. The second-order valence-electron chi connectivity index (χ2n) is 5.73. The molecule has 1 unspecified atom stereocenters. The van der Waals surface area contributed by atoms with E-state index < -0.39 is 0 Å². The summed E-state index contributed by atoms with van der Waals surface area (Å²) in [6.07, 6.45) is 2.78. The molecule has 0 aliphatic carbocycles. The summed E-state index contributed by atoms with van der Waals surface area (Å²) in [7, 11) is 0. The molecular weight excluding hydrogens is 379 g/mol. The molecule has 1 amide bonds.